The fraction of sp³-hybridized carbons (Fsp3) is 0.929. The van der Waals surface area contributed by atoms with Gasteiger partial charge in [0.1, 0.15) is 0 Å². The Morgan fingerprint density at radius 2 is 1.38 bits per heavy atom. The summed E-state index contributed by atoms with van der Waals surface area (Å²) >= 11 is 0. The van der Waals surface area contributed by atoms with Crippen LogP contribution in [0.4, 0.5) is 0 Å². The van der Waals surface area contributed by atoms with Crippen LogP contribution >= 0.6 is 0 Å². The van der Waals surface area contributed by atoms with Crippen LogP contribution in [-0.4, -0.2) is 12.5 Å². The first-order valence-electron chi connectivity index (χ1n) is 6.12. The molecule has 0 bridgehead atoms. The van der Waals surface area contributed by atoms with Gasteiger partial charge in [-0.3, -0.25) is 4.79 Å². The molecule has 0 radical (unpaired) electrons. The van der Waals surface area contributed by atoms with Crippen molar-refractivity contribution in [2.75, 3.05) is 6.54 Å². The lowest BCUT2D eigenvalue weighted by Gasteiger charge is -2.39. The molecule has 1 N–H and O–H groups in total. The number of nitrogens with one attached hydrogen (secondary N) is 1. The normalized spacial score (nSPS) is 13.8. The van der Waals surface area contributed by atoms with E-state index in [1.165, 1.54) is 0 Å². The third-order valence-corrected chi connectivity index (χ3v) is 3.45. The minimum Gasteiger partial charge on any atom is -0.356 e. The monoisotopic (exact) mass is 227 g/mol. The Kier molecular flexibility index (Phi) is 4.61. The number of rotatable bonds is 3. The first kappa shape index (κ1) is 15.5. The van der Waals surface area contributed by atoms with Crippen LogP contribution in [0, 0.1) is 16.2 Å². The zero-order valence-corrected chi connectivity index (χ0v) is 12.3. The van der Waals surface area contributed by atoms with Crippen LogP contribution in [0.3, 0.4) is 0 Å². The zero-order valence-electron chi connectivity index (χ0n) is 12.3. The maximum atomic E-state index is 11.7. The molecule has 2 nitrogen and oxygen atoms in total. The Morgan fingerprint density at radius 3 is 1.69 bits per heavy atom. The summed E-state index contributed by atoms with van der Waals surface area (Å²) in [6.45, 7) is 18.0. The summed E-state index contributed by atoms with van der Waals surface area (Å²) in [6.07, 6.45) is 0.590. The first-order valence-corrected chi connectivity index (χ1v) is 6.12. The number of hydrogen-bond acceptors (Lipinski definition) is 1. The van der Waals surface area contributed by atoms with Crippen molar-refractivity contribution >= 4 is 5.91 Å². The Bertz CT molecular complexity index is 240. The number of carbonyl (C=O) groups is 1. The zero-order chi connectivity index (χ0) is 13.2. The van der Waals surface area contributed by atoms with E-state index in [2.05, 4.69) is 60.7 Å². The lowest BCUT2D eigenvalue weighted by Crippen LogP contribution is -2.42. The fourth-order valence-corrected chi connectivity index (χ4v) is 1.13. The molecule has 1 amide bonds. The standard InChI is InChI=1S/C14H29NO/c1-12(2,3)9-11(16)15-10-14(7,8)13(4,5)6/h9-10H2,1-8H3,(H,15,16). The molecule has 0 aliphatic rings. The summed E-state index contributed by atoms with van der Waals surface area (Å²) in [6, 6.07) is 0. The van der Waals surface area contributed by atoms with Crippen molar-refractivity contribution in [1.82, 2.24) is 5.32 Å². The molecule has 0 aromatic carbocycles. The average molecular weight is 227 g/mol. The summed E-state index contributed by atoms with van der Waals surface area (Å²) in [5.41, 5.74) is 0.374. The predicted octanol–water partition coefficient (Wildman–Crippen LogP) is 3.61. The second kappa shape index (κ2) is 4.77. The van der Waals surface area contributed by atoms with Gasteiger partial charge in [-0.1, -0.05) is 55.4 Å². The summed E-state index contributed by atoms with van der Waals surface area (Å²) in [5, 5.41) is 3.05. The van der Waals surface area contributed by atoms with Crippen molar-refractivity contribution in [1.29, 1.82) is 0 Å². The van der Waals surface area contributed by atoms with Crippen molar-refractivity contribution in [3.05, 3.63) is 0 Å². The van der Waals surface area contributed by atoms with Gasteiger partial charge < -0.3 is 5.32 Å². The molecule has 0 saturated carbocycles. The smallest absolute Gasteiger partial charge is 0.220 e. The van der Waals surface area contributed by atoms with Gasteiger partial charge in [0, 0.05) is 13.0 Å². The molecule has 96 valence electrons. The topological polar surface area (TPSA) is 29.1 Å². The van der Waals surface area contributed by atoms with Gasteiger partial charge in [0.25, 0.3) is 0 Å². The highest BCUT2D eigenvalue weighted by atomic mass is 16.1. The fourth-order valence-electron chi connectivity index (χ4n) is 1.13. The molecule has 0 aromatic rings. The maximum Gasteiger partial charge on any atom is 0.220 e. The largest absolute Gasteiger partial charge is 0.356 e. The third-order valence-electron chi connectivity index (χ3n) is 3.45. The Hall–Kier alpha value is -0.530. The number of hydrogen-bond donors (Lipinski definition) is 1. The molecule has 16 heavy (non-hydrogen) atoms. The highest BCUT2D eigenvalue weighted by molar-refractivity contribution is 5.76. The van der Waals surface area contributed by atoms with Gasteiger partial charge in [0.15, 0.2) is 0 Å². The summed E-state index contributed by atoms with van der Waals surface area (Å²) in [5.74, 6) is 0.157. The van der Waals surface area contributed by atoms with E-state index in [1.54, 1.807) is 0 Å². The van der Waals surface area contributed by atoms with Crippen molar-refractivity contribution in [3.8, 4) is 0 Å². The first-order chi connectivity index (χ1) is 6.85. The molecule has 0 aliphatic carbocycles. The predicted molar refractivity (Wildman–Crippen MR) is 70.3 cm³/mol. The third kappa shape index (κ3) is 5.53. The summed E-state index contributed by atoms with van der Waals surface area (Å²) in [7, 11) is 0. The molecule has 0 aromatic heterocycles. The lowest BCUT2D eigenvalue weighted by molar-refractivity contribution is -0.123. The second-order valence-corrected chi connectivity index (χ2v) is 7.65. The molecule has 0 atom stereocenters. The minimum absolute atomic E-state index is 0.0654. The van der Waals surface area contributed by atoms with Crippen LogP contribution in [0.2, 0.25) is 0 Å². The van der Waals surface area contributed by atoms with Gasteiger partial charge in [-0.05, 0) is 16.2 Å². The van der Waals surface area contributed by atoms with E-state index in [1.807, 2.05) is 0 Å². The van der Waals surface area contributed by atoms with Crippen LogP contribution in [0.15, 0.2) is 0 Å². The number of amides is 1. The van der Waals surface area contributed by atoms with E-state index >= 15 is 0 Å². The Morgan fingerprint density at radius 1 is 0.938 bits per heavy atom. The maximum absolute atomic E-state index is 11.7. The SMILES string of the molecule is CC(C)(C)CC(=O)NCC(C)(C)C(C)(C)C. The van der Waals surface area contributed by atoms with Crippen LogP contribution < -0.4 is 5.32 Å². The van der Waals surface area contributed by atoms with Crippen molar-refractivity contribution in [3.63, 3.8) is 0 Å². The molecular formula is C14H29NO. The Balaban J connectivity index is 4.22. The van der Waals surface area contributed by atoms with Gasteiger partial charge in [-0.15, -0.1) is 0 Å². The van der Waals surface area contributed by atoms with Gasteiger partial charge in [0.05, 0.1) is 0 Å². The van der Waals surface area contributed by atoms with E-state index in [4.69, 9.17) is 0 Å². The molecule has 0 rings (SSSR count). The molecule has 0 unspecified atom stereocenters. The van der Waals surface area contributed by atoms with E-state index in [0.29, 0.717) is 6.42 Å². The highest BCUT2D eigenvalue weighted by Gasteiger charge is 2.33. The van der Waals surface area contributed by atoms with Gasteiger partial charge in [-0.25, -0.2) is 0 Å². The second-order valence-electron chi connectivity index (χ2n) is 7.65. The molecule has 0 aliphatic heterocycles. The average Bonchev–Trinajstić information content (AvgIpc) is 1.95. The molecule has 2 heteroatoms. The minimum atomic E-state index is 0.0654. The van der Waals surface area contributed by atoms with Gasteiger partial charge >= 0.3 is 0 Å². The molecule has 0 fully saturated rings. The van der Waals surface area contributed by atoms with Crippen molar-refractivity contribution in [2.24, 2.45) is 16.2 Å². The quantitative estimate of drug-likeness (QED) is 0.784. The van der Waals surface area contributed by atoms with Crippen molar-refractivity contribution < 1.29 is 4.79 Å². The molecule has 0 saturated heterocycles. The molecular weight excluding hydrogens is 198 g/mol. The molecule has 0 heterocycles. The summed E-state index contributed by atoms with van der Waals surface area (Å²) < 4.78 is 0. The lowest BCUT2D eigenvalue weighted by atomic mass is 9.69. The van der Waals surface area contributed by atoms with E-state index in [9.17, 15) is 4.79 Å². The van der Waals surface area contributed by atoms with E-state index in [-0.39, 0.29) is 22.2 Å². The van der Waals surface area contributed by atoms with Gasteiger partial charge in [0.2, 0.25) is 5.91 Å². The van der Waals surface area contributed by atoms with Gasteiger partial charge in [-0.2, -0.15) is 0 Å². The van der Waals surface area contributed by atoms with Crippen LogP contribution in [0.1, 0.15) is 61.8 Å². The Labute approximate surface area is 101 Å². The number of carbonyl (C=O) groups excluding carboxylic acids is 1. The van der Waals surface area contributed by atoms with Crippen LogP contribution in [0.5, 0.6) is 0 Å². The van der Waals surface area contributed by atoms with Crippen LogP contribution in [-0.2, 0) is 4.79 Å². The molecule has 0 spiro atoms. The summed E-state index contributed by atoms with van der Waals surface area (Å²) in [4.78, 5) is 11.7. The van der Waals surface area contributed by atoms with E-state index in [0.717, 1.165) is 6.54 Å². The highest BCUT2D eigenvalue weighted by Crippen LogP contribution is 2.37. The van der Waals surface area contributed by atoms with E-state index < -0.39 is 0 Å². The van der Waals surface area contributed by atoms with Crippen molar-refractivity contribution in [2.45, 2.75) is 61.8 Å². The van der Waals surface area contributed by atoms with Crippen LogP contribution in [0.25, 0.3) is 0 Å².